The van der Waals surface area contributed by atoms with Crippen LogP contribution in [0.1, 0.15) is 69.4 Å². The lowest BCUT2D eigenvalue weighted by atomic mass is 9.55. The number of hydrogen-bond donors (Lipinski definition) is 2. The molecule has 4 nitrogen and oxygen atoms in total. The summed E-state index contributed by atoms with van der Waals surface area (Å²) in [5, 5.41) is 20.9. The van der Waals surface area contributed by atoms with E-state index in [0.717, 1.165) is 44.9 Å². The van der Waals surface area contributed by atoms with E-state index in [-0.39, 0.29) is 17.3 Å². The van der Waals surface area contributed by atoms with Gasteiger partial charge in [0, 0.05) is 0 Å². The van der Waals surface area contributed by atoms with Gasteiger partial charge < -0.3 is 14.9 Å². The summed E-state index contributed by atoms with van der Waals surface area (Å²) in [4.78, 5) is 12.6. The zero-order valence-corrected chi connectivity index (χ0v) is 16.5. The van der Waals surface area contributed by atoms with E-state index in [2.05, 4.69) is 19.9 Å². The molecule has 0 bridgehead atoms. The quantitative estimate of drug-likeness (QED) is 0.615. The lowest BCUT2D eigenvalue weighted by molar-refractivity contribution is -0.153. The van der Waals surface area contributed by atoms with Gasteiger partial charge in [0.05, 0.1) is 18.6 Å². The Kier molecular flexibility index (Phi) is 4.96. The summed E-state index contributed by atoms with van der Waals surface area (Å²) in [5.74, 6) is 1.11. The van der Waals surface area contributed by atoms with Crippen molar-refractivity contribution < 1.29 is 19.7 Å². The van der Waals surface area contributed by atoms with E-state index in [1.807, 2.05) is 6.07 Å². The number of unbranched alkanes of at least 4 members (excludes halogenated alkanes) is 1. The number of fused-ring (bicyclic) bond motifs is 5. The van der Waals surface area contributed by atoms with Crippen LogP contribution in [-0.2, 0) is 16.0 Å². The number of aromatic hydroxyl groups is 1. The normalized spacial score (nSPS) is 37.2. The predicted octanol–water partition coefficient (Wildman–Crippen LogP) is 4.18. The maximum atomic E-state index is 12.6. The Bertz CT molecular complexity index is 714. The summed E-state index contributed by atoms with van der Waals surface area (Å²) in [6.07, 6.45) is 6.06. The molecule has 3 aliphatic rings. The average Bonchev–Trinajstić information content (AvgIpc) is 2.93. The second-order valence-electron chi connectivity index (χ2n) is 9.15. The Labute approximate surface area is 161 Å². The maximum absolute atomic E-state index is 12.6. The number of phenolic OH excluding ortho intramolecular Hbond substituents is 1. The Morgan fingerprint density at radius 3 is 2.93 bits per heavy atom. The van der Waals surface area contributed by atoms with Gasteiger partial charge in [0.15, 0.2) is 0 Å². The predicted molar refractivity (Wildman–Crippen MR) is 103 cm³/mol. The summed E-state index contributed by atoms with van der Waals surface area (Å²) in [6, 6.07) is 5.80. The number of aliphatic hydroxyl groups is 1. The summed E-state index contributed by atoms with van der Waals surface area (Å²) in [5.41, 5.74) is 2.45. The first-order chi connectivity index (χ1) is 13.0. The van der Waals surface area contributed by atoms with E-state index in [1.165, 1.54) is 11.1 Å². The fourth-order valence-corrected chi connectivity index (χ4v) is 6.24. The highest BCUT2D eigenvalue weighted by Crippen LogP contribution is 2.62. The van der Waals surface area contributed by atoms with Gasteiger partial charge >= 0.3 is 5.97 Å². The van der Waals surface area contributed by atoms with Gasteiger partial charge in [-0.2, -0.15) is 0 Å². The number of aryl methyl sites for hydroxylation is 1. The van der Waals surface area contributed by atoms with Gasteiger partial charge in [-0.25, -0.2) is 0 Å². The van der Waals surface area contributed by atoms with Gasteiger partial charge in [0.1, 0.15) is 5.75 Å². The minimum atomic E-state index is -0.598. The Balaban J connectivity index is 1.55. The Hall–Kier alpha value is -1.55. The summed E-state index contributed by atoms with van der Waals surface area (Å²) in [7, 11) is 0. The van der Waals surface area contributed by atoms with Crippen LogP contribution in [0.3, 0.4) is 0 Å². The molecule has 1 aromatic rings. The van der Waals surface area contributed by atoms with E-state index < -0.39 is 6.10 Å². The maximum Gasteiger partial charge on any atom is 0.311 e. The Morgan fingerprint density at radius 2 is 2.15 bits per heavy atom. The van der Waals surface area contributed by atoms with Crippen molar-refractivity contribution in [2.45, 2.75) is 70.8 Å². The molecule has 0 amide bonds. The number of rotatable bonds is 4. The molecule has 0 spiro atoms. The van der Waals surface area contributed by atoms with Crippen LogP contribution < -0.4 is 0 Å². The second-order valence-corrected chi connectivity index (χ2v) is 9.15. The number of phenols is 1. The van der Waals surface area contributed by atoms with Crippen molar-refractivity contribution in [1.82, 2.24) is 0 Å². The molecule has 0 heterocycles. The first-order valence-electron chi connectivity index (χ1n) is 10.6. The van der Waals surface area contributed by atoms with Gasteiger partial charge in [-0.15, -0.1) is 0 Å². The van der Waals surface area contributed by atoms with Crippen molar-refractivity contribution in [2.24, 2.45) is 23.2 Å². The smallest absolute Gasteiger partial charge is 0.311 e. The summed E-state index contributed by atoms with van der Waals surface area (Å²) >= 11 is 0. The molecule has 27 heavy (non-hydrogen) atoms. The van der Waals surface area contributed by atoms with Crippen LogP contribution in [0.5, 0.6) is 5.75 Å². The van der Waals surface area contributed by atoms with Crippen molar-refractivity contribution in [3.63, 3.8) is 0 Å². The molecule has 6 atom stereocenters. The molecule has 0 aliphatic heterocycles. The molecule has 2 saturated carbocycles. The zero-order chi connectivity index (χ0) is 19.2. The van der Waals surface area contributed by atoms with Crippen LogP contribution >= 0.6 is 0 Å². The minimum absolute atomic E-state index is 0.190. The molecule has 3 aliphatic carbocycles. The van der Waals surface area contributed by atoms with Crippen molar-refractivity contribution in [1.29, 1.82) is 0 Å². The lowest BCUT2D eigenvalue weighted by Crippen LogP contribution is -2.44. The van der Waals surface area contributed by atoms with Crippen LogP contribution in [0.15, 0.2) is 18.2 Å². The van der Waals surface area contributed by atoms with Crippen molar-refractivity contribution in [3.05, 3.63) is 29.3 Å². The minimum Gasteiger partial charge on any atom is -0.508 e. The third kappa shape index (κ3) is 3.06. The van der Waals surface area contributed by atoms with Gasteiger partial charge in [-0.05, 0) is 85.0 Å². The van der Waals surface area contributed by atoms with Gasteiger partial charge in [0.2, 0.25) is 0 Å². The highest BCUT2D eigenvalue weighted by molar-refractivity contribution is 5.74. The van der Waals surface area contributed by atoms with E-state index in [9.17, 15) is 15.0 Å². The average molecular weight is 373 g/mol. The van der Waals surface area contributed by atoms with Gasteiger partial charge in [0.25, 0.3) is 0 Å². The molecule has 0 unspecified atom stereocenters. The molecule has 0 radical (unpaired) electrons. The first kappa shape index (κ1) is 18.8. The van der Waals surface area contributed by atoms with E-state index in [4.69, 9.17) is 4.74 Å². The number of benzene rings is 1. The van der Waals surface area contributed by atoms with Crippen molar-refractivity contribution >= 4 is 5.97 Å². The molecule has 0 saturated heterocycles. The lowest BCUT2D eigenvalue weighted by Gasteiger charge is -2.50. The first-order valence-corrected chi connectivity index (χ1v) is 10.6. The highest BCUT2D eigenvalue weighted by atomic mass is 16.5. The van der Waals surface area contributed by atoms with Gasteiger partial charge in [-0.1, -0.05) is 26.3 Å². The van der Waals surface area contributed by atoms with Crippen molar-refractivity contribution in [2.75, 3.05) is 6.61 Å². The van der Waals surface area contributed by atoms with Crippen molar-refractivity contribution in [3.8, 4) is 5.75 Å². The SMILES string of the molecule is CCCCOC(=O)[C@H]1C[C@H]2[C@@H]3CCc4cc(O)ccc4[C@H]3CC[C@]2(C)[C@H]1O. The fourth-order valence-electron chi connectivity index (χ4n) is 6.24. The molecule has 0 aromatic heterocycles. The standard InChI is InChI=1S/C23H32O4/c1-3-4-11-27-22(26)19-13-20-18-7-5-14-12-15(24)6-8-16(14)17(18)9-10-23(20,2)21(19)25/h6,8,12,17-21,24-25H,3-5,7,9-11,13H2,1-2H3/t17-,18-,19+,20+,21+,23+/m1/s1. The van der Waals surface area contributed by atoms with E-state index >= 15 is 0 Å². The summed E-state index contributed by atoms with van der Waals surface area (Å²) < 4.78 is 5.47. The topological polar surface area (TPSA) is 66.8 Å². The molecule has 4 heteroatoms. The molecular formula is C23H32O4. The fraction of sp³-hybridized carbons (Fsp3) is 0.696. The summed E-state index contributed by atoms with van der Waals surface area (Å²) in [6.45, 7) is 4.72. The van der Waals surface area contributed by atoms with Crippen LogP contribution in [0.4, 0.5) is 0 Å². The third-order valence-electron chi connectivity index (χ3n) is 7.76. The van der Waals surface area contributed by atoms with Crippen LogP contribution in [-0.4, -0.2) is 28.9 Å². The molecule has 2 fully saturated rings. The zero-order valence-electron chi connectivity index (χ0n) is 16.5. The number of ether oxygens (including phenoxy) is 1. The Morgan fingerprint density at radius 1 is 1.33 bits per heavy atom. The number of carbonyl (C=O) groups excluding carboxylic acids is 1. The number of hydrogen-bond acceptors (Lipinski definition) is 4. The van der Waals surface area contributed by atoms with Crippen LogP contribution in [0.25, 0.3) is 0 Å². The number of aliphatic hydroxyl groups excluding tert-OH is 1. The van der Waals surface area contributed by atoms with Crippen LogP contribution in [0.2, 0.25) is 0 Å². The number of esters is 1. The molecule has 1 aromatic carbocycles. The van der Waals surface area contributed by atoms with E-state index in [1.54, 1.807) is 6.07 Å². The molecular weight excluding hydrogens is 340 g/mol. The molecule has 2 N–H and O–H groups in total. The number of carbonyl (C=O) groups is 1. The highest BCUT2D eigenvalue weighted by Gasteiger charge is 2.59. The molecule has 4 rings (SSSR count). The second kappa shape index (κ2) is 7.12. The largest absolute Gasteiger partial charge is 0.508 e. The van der Waals surface area contributed by atoms with Crippen LogP contribution in [0, 0.1) is 23.2 Å². The third-order valence-corrected chi connectivity index (χ3v) is 7.76. The van der Waals surface area contributed by atoms with E-state index in [0.29, 0.717) is 30.1 Å². The molecule has 148 valence electrons. The monoisotopic (exact) mass is 372 g/mol. The van der Waals surface area contributed by atoms with Gasteiger partial charge in [-0.3, -0.25) is 4.79 Å².